The Labute approximate surface area is 115 Å². The van der Waals surface area contributed by atoms with E-state index in [-0.39, 0.29) is 6.04 Å². The molecular weight excluding hydrogens is 240 g/mol. The second-order valence-corrected chi connectivity index (χ2v) is 5.56. The molecule has 1 saturated carbocycles. The van der Waals surface area contributed by atoms with Crippen LogP contribution in [0.3, 0.4) is 0 Å². The van der Waals surface area contributed by atoms with Gasteiger partial charge in [-0.1, -0.05) is 0 Å². The minimum absolute atomic E-state index is 0.259. The molecule has 5 heteroatoms. The van der Waals surface area contributed by atoms with Crippen molar-refractivity contribution in [2.24, 2.45) is 5.73 Å². The highest BCUT2D eigenvalue weighted by molar-refractivity contribution is 5.13. The molecule has 0 spiro atoms. The van der Waals surface area contributed by atoms with E-state index in [4.69, 9.17) is 10.5 Å². The Kier molecular flexibility index (Phi) is 4.96. The predicted molar refractivity (Wildman–Crippen MR) is 76.0 cm³/mol. The maximum absolute atomic E-state index is 6.01. The van der Waals surface area contributed by atoms with E-state index in [0.29, 0.717) is 18.6 Å². The van der Waals surface area contributed by atoms with Crippen molar-refractivity contribution in [2.45, 2.75) is 44.8 Å². The molecule has 1 aromatic rings. The molecule has 1 fully saturated rings. The highest BCUT2D eigenvalue weighted by Crippen LogP contribution is 2.33. The molecular formula is C14H26N4O. The normalized spacial score (nSPS) is 17.4. The molecule has 1 unspecified atom stereocenters. The lowest BCUT2D eigenvalue weighted by Gasteiger charge is -2.30. The molecule has 1 aromatic heterocycles. The van der Waals surface area contributed by atoms with Crippen molar-refractivity contribution in [3.05, 3.63) is 18.0 Å². The van der Waals surface area contributed by atoms with Gasteiger partial charge in [-0.3, -0.25) is 9.58 Å². The highest BCUT2D eigenvalue weighted by atomic mass is 16.5. The first-order valence-electron chi connectivity index (χ1n) is 7.16. The molecule has 2 rings (SSSR count). The summed E-state index contributed by atoms with van der Waals surface area (Å²) in [6.07, 6.45) is 6.64. The van der Waals surface area contributed by atoms with Gasteiger partial charge in [0.2, 0.25) is 0 Å². The molecule has 108 valence electrons. The lowest BCUT2D eigenvalue weighted by molar-refractivity contribution is 0.115. The van der Waals surface area contributed by atoms with Gasteiger partial charge < -0.3 is 10.5 Å². The molecule has 5 nitrogen and oxygen atoms in total. The minimum Gasteiger partial charge on any atom is -0.383 e. The largest absolute Gasteiger partial charge is 0.383 e. The van der Waals surface area contributed by atoms with Gasteiger partial charge in [0.05, 0.1) is 18.8 Å². The summed E-state index contributed by atoms with van der Waals surface area (Å²) in [7, 11) is 1.75. The van der Waals surface area contributed by atoms with Crippen molar-refractivity contribution in [3.63, 3.8) is 0 Å². The molecule has 0 amide bonds. The van der Waals surface area contributed by atoms with Crippen LogP contribution in [-0.2, 0) is 4.74 Å². The van der Waals surface area contributed by atoms with Crippen LogP contribution in [-0.4, -0.2) is 47.5 Å². The zero-order chi connectivity index (χ0) is 13.8. The summed E-state index contributed by atoms with van der Waals surface area (Å²) in [5.74, 6) is 0. The maximum atomic E-state index is 6.01. The van der Waals surface area contributed by atoms with E-state index in [0.717, 1.165) is 13.2 Å². The molecule has 1 aliphatic carbocycles. The second kappa shape index (κ2) is 6.50. The van der Waals surface area contributed by atoms with Crippen LogP contribution in [0.4, 0.5) is 0 Å². The lowest BCUT2D eigenvalue weighted by Crippen LogP contribution is -2.37. The SMILES string of the molecule is COCCN(C1CC1)C(CN)c1cnn(C(C)C)c1. The van der Waals surface area contributed by atoms with E-state index < -0.39 is 0 Å². The first-order chi connectivity index (χ1) is 9.17. The lowest BCUT2D eigenvalue weighted by atomic mass is 10.1. The van der Waals surface area contributed by atoms with Gasteiger partial charge in [0.25, 0.3) is 0 Å². The third-order valence-corrected chi connectivity index (χ3v) is 3.73. The summed E-state index contributed by atoms with van der Waals surface area (Å²) in [5, 5.41) is 4.43. The third kappa shape index (κ3) is 3.55. The molecule has 1 aliphatic rings. The number of hydrogen-bond donors (Lipinski definition) is 1. The zero-order valence-electron chi connectivity index (χ0n) is 12.2. The van der Waals surface area contributed by atoms with Crippen molar-refractivity contribution in [3.8, 4) is 0 Å². The van der Waals surface area contributed by atoms with Crippen molar-refractivity contribution < 1.29 is 4.74 Å². The predicted octanol–water partition coefficient (Wildman–Crippen LogP) is 1.57. The number of methoxy groups -OCH3 is 1. The van der Waals surface area contributed by atoms with E-state index in [1.165, 1.54) is 18.4 Å². The second-order valence-electron chi connectivity index (χ2n) is 5.56. The van der Waals surface area contributed by atoms with Crippen LogP contribution in [0.5, 0.6) is 0 Å². The Morgan fingerprint density at radius 2 is 2.26 bits per heavy atom. The van der Waals surface area contributed by atoms with Crippen molar-refractivity contribution >= 4 is 0 Å². The fraction of sp³-hybridized carbons (Fsp3) is 0.786. The van der Waals surface area contributed by atoms with Crippen LogP contribution in [0, 0.1) is 0 Å². The Balaban J connectivity index is 2.11. The average molecular weight is 266 g/mol. The monoisotopic (exact) mass is 266 g/mol. The number of nitrogens with two attached hydrogens (primary N) is 1. The van der Waals surface area contributed by atoms with Crippen molar-refractivity contribution in [1.82, 2.24) is 14.7 Å². The van der Waals surface area contributed by atoms with E-state index in [1.807, 2.05) is 10.9 Å². The topological polar surface area (TPSA) is 56.3 Å². The minimum atomic E-state index is 0.259. The van der Waals surface area contributed by atoms with Gasteiger partial charge in [-0.15, -0.1) is 0 Å². The standard InChI is InChI=1S/C14H26N4O/c1-11(2)18-10-12(9-16-18)14(8-15)17(6-7-19-3)13-4-5-13/h9-11,13-14H,4-8,15H2,1-3H3. The fourth-order valence-electron chi connectivity index (χ4n) is 2.47. The van der Waals surface area contributed by atoms with Crippen molar-refractivity contribution in [2.75, 3.05) is 26.8 Å². The van der Waals surface area contributed by atoms with Crippen LogP contribution in [0.25, 0.3) is 0 Å². The Morgan fingerprint density at radius 3 is 2.74 bits per heavy atom. The number of ether oxygens (including phenoxy) is 1. The molecule has 2 N–H and O–H groups in total. The molecule has 0 saturated heterocycles. The van der Waals surface area contributed by atoms with Crippen molar-refractivity contribution in [1.29, 1.82) is 0 Å². The van der Waals surface area contributed by atoms with E-state index in [1.54, 1.807) is 7.11 Å². The molecule has 0 aliphatic heterocycles. The maximum Gasteiger partial charge on any atom is 0.0590 e. The number of rotatable bonds is 8. The third-order valence-electron chi connectivity index (χ3n) is 3.73. The van der Waals surface area contributed by atoms with Gasteiger partial charge in [-0.25, -0.2) is 0 Å². The summed E-state index contributed by atoms with van der Waals surface area (Å²) in [6, 6.07) is 1.32. The summed E-state index contributed by atoms with van der Waals surface area (Å²) in [4.78, 5) is 2.48. The van der Waals surface area contributed by atoms with Crippen LogP contribution < -0.4 is 5.73 Å². The van der Waals surface area contributed by atoms with Crippen LogP contribution >= 0.6 is 0 Å². The number of aromatic nitrogens is 2. The van der Waals surface area contributed by atoms with Crippen LogP contribution in [0.15, 0.2) is 12.4 Å². The van der Waals surface area contributed by atoms with E-state index >= 15 is 0 Å². The zero-order valence-corrected chi connectivity index (χ0v) is 12.2. The Hall–Kier alpha value is -0.910. The van der Waals surface area contributed by atoms with Gasteiger partial charge in [-0.2, -0.15) is 5.10 Å². The summed E-state index contributed by atoms with van der Waals surface area (Å²) < 4.78 is 7.22. The van der Waals surface area contributed by atoms with E-state index in [9.17, 15) is 0 Å². The van der Waals surface area contributed by atoms with E-state index in [2.05, 4.69) is 30.0 Å². The highest BCUT2D eigenvalue weighted by Gasteiger charge is 2.34. The van der Waals surface area contributed by atoms with Gasteiger partial charge >= 0.3 is 0 Å². The number of nitrogens with zero attached hydrogens (tertiary/aromatic N) is 3. The quantitative estimate of drug-likeness (QED) is 0.776. The molecule has 1 heterocycles. The molecule has 0 radical (unpaired) electrons. The Morgan fingerprint density at radius 1 is 1.53 bits per heavy atom. The smallest absolute Gasteiger partial charge is 0.0590 e. The van der Waals surface area contributed by atoms with Crippen LogP contribution in [0.1, 0.15) is 44.3 Å². The first-order valence-corrected chi connectivity index (χ1v) is 7.16. The average Bonchev–Trinajstić information content (AvgIpc) is 3.11. The fourth-order valence-corrected chi connectivity index (χ4v) is 2.47. The van der Waals surface area contributed by atoms with Gasteiger partial charge in [-0.05, 0) is 26.7 Å². The van der Waals surface area contributed by atoms with Gasteiger partial charge in [0, 0.05) is 44.0 Å². The summed E-state index contributed by atoms with van der Waals surface area (Å²) in [5.41, 5.74) is 7.23. The van der Waals surface area contributed by atoms with Crippen LogP contribution in [0.2, 0.25) is 0 Å². The molecule has 19 heavy (non-hydrogen) atoms. The summed E-state index contributed by atoms with van der Waals surface area (Å²) in [6.45, 7) is 6.60. The summed E-state index contributed by atoms with van der Waals surface area (Å²) >= 11 is 0. The first kappa shape index (κ1) is 14.5. The molecule has 1 atom stereocenters. The van der Waals surface area contributed by atoms with Gasteiger partial charge in [0.1, 0.15) is 0 Å². The molecule has 0 bridgehead atoms. The Bertz CT molecular complexity index is 387. The molecule has 0 aromatic carbocycles. The van der Waals surface area contributed by atoms with Gasteiger partial charge in [0.15, 0.2) is 0 Å². The number of hydrogen-bond acceptors (Lipinski definition) is 4.